The van der Waals surface area contributed by atoms with E-state index in [1.807, 2.05) is 24.3 Å². The molecule has 0 N–H and O–H groups in total. The number of hydrogen-bond acceptors (Lipinski definition) is 3. The van der Waals surface area contributed by atoms with Crippen molar-refractivity contribution in [2.75, 3.05) is 0 Å². The summed E-state index contributed by atoms with van der Waals surface area (Å²) in [5.41, 5.74) is 1.50. The largest absolute Gasteiger partial charge is 0.464 e. The Morgan fingerprint density at radius 1 is 1.33 bits per heavy atom. The first-order chi connectivity index (χ1) is 7.36. The van der Waals surface area contributed by atoms with Crippen LogP contribution in [0.5, 0.6) is 0 Å². The van der Waals surface area contributed by atoms with Crippen LogP contribution < -0.4 is 0 Å². The number of furan rings is 1. The summed E-state index contributed by atoms with van der Waals surface area (Å²) in [4.78, 5) is 14.3. The first-order valence-electron chi connectivity index (χ1n) is 4.91. The second-order valence-electron chi connectivity index (χ2n) is 3.88. The highest BCUT2D eigenvalue weighted by atomic mass is 16.3. The fourth-order valence-corrected chi connectivity index (χ4v) is 2.01. The van der Waals surface area contributed by atoms with Crippen LogP contribution in [-0.4, -0.2) is 6.08 Å². The number of nitrogens with zero attached hydrogens (tertiary/aromatic N) is 1. The van der Waals surface area contributed by atoms with Gasteiger partial charge < -0.3 is 4.42 Å². The molecule has 2 aromatic rings. The average molecular weight is 199 g/mol. The molecule has 74 valence electrons. The number of aliphatic imine (C=N–C) groups is 1. The van der Waals surface area contributed by atoms with Crippen molar-refractivity contribution in [1.82, 2.24) is 0 Å². The van der Waals surface area contributed by atoms with Crippen LogP contribution in [0, 0.1) is 0 Å². The predicted octanol–water partition coefficient (Wildman–Crippen LogP) is 2.76. The van der Waals surface area contributed by atoms with E-state index >= 15 is 0 Å². The minimum atomic E-state index is -0.348. The molecule has 0 saturated heterocycles. The van der Waals surface area contributed by atoms with E-state index in [1.165, 1.54) is 0 Å². The van der Waals surface area contributed by atoms with Crippen LogP contribution >= 0.6 is 0 Å². The molecule has 1 aromatic heterocycles. The van der Waals surface area contributed by atoms with Gasteiger partial charge in [0.1, 0.15) is 11.1 Å². The fourth-order valence-electron chi connectivity index (χ4n) is 2.01. The van der Waals surface area contributed by atoms with Crippen LogP contribution in [0.4, 0.5) is 0 Å². The topological polar surface area (TPSA) is 42.6 Å². The molecule has 1 aromatic carbocycles. The van der Waals surface area contributed by atoms with Gasteiger partial charge in [0, 0.05) is 10.9 Å². The molecular formula is C12H9NO2. The highest BCUT2D eigenvalue weighted by Gasteiger charge is 2.46. The van der Waals surface area contributed by atoms with E-state index in [0.717, 1.165) is 29.4 Å². The Morgan fingerprint density at radius 3 is 2.93 bits per heavy atom. The summed E-state index contributed by atoms with van der Waals surface area (Å²) in [6, 6.07) is 7.84. The van der Waals surface area contributed by atoms with Gasteiger partial charge in [-0.2, -0.15) is 4.99 Å². The van der Waals surface area contributed by atoms with Gasteiger partial charge in [0.25, 0.3) is 0 Å². The quantitative estimate of drug-likeness (QED) is 0.551. The molecule has 1 heterocycles. The Labute approximate surface area is 86.4 Å². The number of hydrogen-bond donors (Lipinski definition) is 0. The molecule has 1 saturated carbocycles. The summed E-state index contributed by atoms with van der Waals surface area (Å²) < 4.78 is 5.43. The smallest absolute Gasteiger partial charge is 0.235 e. The van der Waals surface area contributed by atoms with Crippen molar-refractivity contribution >= 4 is 17.0 Å². The number of benzene rings is 1. The number of fused-ring (bicyclic) bond motifs is 1. The second-order valence-corrected chi connectivity index (χ2v) is 3.88. The highest BCUT2D eigenvalue weighted by Crippen LogP contribution is 2.51. The third kappa shape index (κ3) is 1.14. The minimum Gasteiger partial charge on any atom is -0.464 e. The third-order valence-electron chi connectivity index (χ3n) is 2.96. The number of carbonyl (C=O) groups excluding carboxylic acids is 1. The van der Waals surface area contributed by atoms with Crippen molar-refractivity contribution in [2.24, 2.45) is 4.99 Å². The van der Waals surface area contributed by atoms with E-state index in [1.54, 1.807) is 12.3 Å². The van der Waals surface area contributed by atoms with Gasteiger partial charge in [0.05, 0.1) is 6.26 Å². The van der Waals surface area contributed by atoms with Gasteiger partial charge in [-0.25, -0.2) is 4.79 Å². The Balaban J connectivity index is 2.26. The van der Waals surface area contributed by atoms with Crippen molar-refractivity contribution in [3.8, 4) is 0 Å². The molecule has 0 atom stereocenters. The molecule has 15 heavy (non-hydrogen) atoms. The zero-order chi connectivity index (χ0) is 10.3. The average Bonchev–Trinajstić information content (AvgIpc) is 2.88. The lowest BCUT2D eigenvalue weighted by Crippen LogP contribution is -2.02. The van der Waals surface area contributed by atoms with Crippen molar-refractivity contribution in [3.63, 3.8) is 0 Å². The maximum absolute atomic E-state index is 10.4. The Hall–Kier alpha value is -1.86. The summed E-state index contributed by atoms with van der Waals surface area (Å²) >= 11 is 0. The maximum atomic E-state index is 10.4. The Morgan fingerprint density at radius 2 is 2.20 bits per heavy atom. The first kappa shape index (κ1) is 8.45. The molecule has 0 unspecified atom stereocenters. The summed E-state index contributed by atoms with van der Waals surface area (Å²) in [6.45, 7) is 0. The van der Waals surface area contributed by atoms with E-state index < -0.39 is 0 Å². The minimum absolute atomic E-state index is 0.348. The van der Waals surface area contributed by atoms with Gasteiger partial charge in [0.2, 0.25) is 6.08 Å². The Kier molecular flexibility index (Phi) is 1.58. The van der Waals surface area contributed by atoms with E-state index in [4.69, 9.17) is 4.42 Å². The third-order valence-corrected chi connectivity index (χ3v) is 2.96. The van der Waals surface area contributed by atoms with Crippen LogP contribution in [-0.2, 0) is 10.3 Å². The molecule has 0 bridgehead atoms. The molecule has 1 aliphatic carbocycles. The first-order valence-corrected chi connectivity index (χ1v) is 4.91. The van der Waals surface area contributed by atoms with Crippen LogP contribution in [0.2, 0.25) is 0 Å². The lowest BCUT2D eigenvalue weighted by molar-refractivity contribution is 0.554. The van der Waals surface area contributed by atoms with E-state index in [-0.39, 0.29) is 5.54 Å². The molecule has 0 radical (unpaired) electrons. The van der Waals surface area contributed by atoms with Gasteiger partial charge in [-0.3, -0.25) is 0 Å². The zero-order valence-electron chi connectivity index (χ0n) is 8.06. The maximum Gasteiger partial charge on any atom is 0.235 e. The molecule has 0 spiro atoms. The van der Waals surface area contributed by atoms with E-state index in [9.17, 15) is 4.79 Å². The summed E-state index contributed by atoms with van der Waals surface area (Å²) in [6.07, 6.45) is 5.13. The van der Waals surface area contributed by atoms with E-state index in [0.29, 0.717) is 0 Å². The van der Waals surface area contributed by atoms with Crippen LogP contribution in [0.3, 0.4) is 0 Å². The zero-order valence-corrected chi connectivity index (χ0v) is 8.06. The molecule has 1 fully saturated rings. The van der Waals surface area contributed by atoms with Crippen molar-refractivity contribution in [3.05, 3.63) is 36.1 Å². The van der Waals surface area contributed by atoms with Gasteiger partial charge in [-0.15, -0.1) is 0 Å². The number of isocyanates is 1. The molecule has 3 heteroatoms. The van der Waals surface area contributed by atoms with Crippen molar-refractivity contribution in [2.45, 2.75) is 18.4 Å². The SMILES string of the molecule is O=C=NC1(c2cccc3ccoc23)CC1. The van der Waals surface area contributed by atoms with Gasteiger partial charge in [-0.1, -0.05) is 18.2 Å². The Bertz CT molecular complexity index is 560. The summed E-state index contributed by atoms with van der Waals surface area (Å²) in [7, 11) is 0. The van der Waals surface area contributed by atoms with Gasteiger partial charge in [0.15, 0.2) is 0 Å². The number of rotatable bonds is 2. The van der Waals surface area contributed by atoms with Gasteiger partial charge >= 0.3 is 0 Å². The van der Waals surface area contributed by atoms with Crippen LogP contribution in [0.15, 0.2) is 39.9 Å². The second kappa shape index (κ2) is 2.81. The lowest BCUT2D eigenvalue weighted by Gasteiger charge is -2.07. The lowest BCUT2D eigenvalue weighted by atomic mass is 10.0. The highest BCUT2D eigenvalue weighted by molar-refractivity contribution is 5.82. The standard InChI is InChI=1S/C12H9NO2/c14-8-13-12(5-6-12)10-3-1-2-9-4-7-15-11(9)10/h1-4,7H,5-6H2. The molecule has 1 aliphatic rings. The molecule has 0 amide bonds. The fraction of sp³-hybridized carbons (Fsp3) is 0.250. The van der Waals surface area contributed by atoms with Crippen molar-refractivity contribution < 1.29 is 9.21 Å². The summed E-state index contributed by atoms with van der Waals surface area (Å²) in [5, 5.41) is 1.06. The molecular weight excluding hydrogens is 190 g/mol. The van der Waals surface area contributed by atoms with Gasteiger partial charge in [-0.05, 0) is 18.9 Å². The summed E-state index contributed by atoms with van der Waals surface area (Å²) in [5.74, 6) is 0. The van der Waals surface area contributed by atoms with Crippen molar-refractivity contribution in [1.29, 1.82) is 0 Å². The van der Waals surface area contributed by atoms with E-state index in [2.05, 4.69) is 4.99 Å². The molecule has 3 nitrogen and oxygen atoms in total. The molecule has 0 aliphatic heterocycles. The van der Waals surface area contributed by atoms with Crippen LogP contribution in [0.25, 0.3) is 11.0 Å². The van der Waals surface area contributed by atoms with Crippen LogP contribution in [0.1, 0.15) is 18.4 Å². The monoisotopic (exact) mass is 199 g/mol. The predicted molar refractivity (Wildman–Crippen MR) is 55.2 cm³/mol. The number of para-hydroxylation sites is 1. The molecule has 3 rings (SSSR count). The normalized spacial score (nSPS) is 17.3.